The van der Waals surface area contributed by atoms with E-state index in [1.54, 1.807) is 17.4 Å². The molecule has 0 aliphatic carbocycles. The van der Waals surface area contributed by atoms with E-state index in [1.807, 2.05) is 17.7 Å². The van der Waals surface area contributed by atoms with E-state index in [4.69, 9.17) is 9.84 Å². The molecule has 0 saturated carbocycles. The van der Waals surface area contributed by atoms with Crippen molar-refractivity contribution in [2.75, 3.05) is 32.8 Å². The first kappa shape index (κ1) is 23.4. The van der Waals surface area contributed by atoms with Gasteiger partial charge in [0.05, 0.1) is 31.5 Å². The lowest BCUT2D eigenvalue weighted by Crippen LogP contribution is -2.43. The topological polar surface area (TPSA) is 59.4 Å². The zero-order valence-corrected chi connectivity index (χ0v) is 20.4. The minimum Gasteiger partial charge on any atom is -0.379 e. The van der Waals surface area contributed by atoms with Crippen molar-refractivity contribution in [2.24, 2.45) is 0 Å². The normalized spacial score (nSPS) is 15.7. The van der Waals surface area contributed by atoms with Crippen molar-refractivity contribution in [3.05, 3.63) is 80.8 Å². The average molecular weight is 465 g/mol. The molecular formula is C26H32N4O2S. The Labute approximate surface area is 199 Å². The van der Waals surface area contributed by atoms with Gasteiger partial charge in [0.15, 0.2) is 0 Å². The number of thiophene rings is 1. The molecule has 33 heavy (non-hydrogen) atoms. The number of rotatable bonds is 8. The van der Waals surface area contributed by atoms with Crippen LogP contribution in [-0.2, 0) is 16.1 Å². The van der Waals surface area contributed by atoms with Gasteiger partial charge in [-0.05, 0) is 43.9 Å². The SMILES string of the molecule is Cc1ccc(Cn2nc(C)c(/C=C/C(=O)NCC(c3cccs3)N3CCOCC3)c2C)cc1. The lowest BCUT2D eigenvalue weighted by atomic mass is 10.1. The Kier molecular flexibility index (Phi) is 7.75. The Hall–Kier alpha value is -2.74. The highest BCUT2D eigenvalue weighted by atomic mass is 32.1. The van der Waals surface area contributed by atoms with Gasteiger partial charge < -0.3 is 10.1 Å². The number of carbonyl (C=O) groups excluding carboxylic acids is 1. The fraction of sp³-hybridized carbons (Fsp3) is 0.385. The second kappa shape index (κ2) is 10.9. The molecule has 0 bridgehead atoms. The molecule has 1 unspecified atom stereocenters. The van der Waals surface area contributed by atoms with E-state index in [2.05, 4.69) is 65.8 Å². The third kappa shape index (κ3) is 5.99. The molecule has 7 heteroatoms. The molecule has 1 atom stereocenters. The number of carbonyl (C=O) groups is 1. The Morgan fingerprint density at radius 2 is 1.94 bits per heavy atom. The van der Waals surface area contributed by atoms with Crippen molar-refractivity contribution in [2.45, 2.75) is 33.4 Å². The number of morpholine rings is 1. The van der Waals surface area contributed by atoms with Crippen molar-refractivity contribution in [3.63, 3.8) is 0 Å². The van der Waals surface area contributed by atoms with E-state index < -0.39 is 0 Å². The summed E-state index contributed by atoms with van der Waals surface area (Å²) in [5.41, 5.74) is 5.44. The Morgan fingerprint density at radius 3 is 2.64 bits per heavy atom. The Balaban J connectivity index is 1.39. The van der Waals surface area contributed by atoms with Gasteiger partial charge in [-0.15, -0.1) is 11.3 Å². The Morgan fingerprint density at radius 1 is 1.18 bits per heavy atom. The van der Waals surface area contributed by atoms with Crippen molar-refractivity contribution >= 4 is 23.3 Å². The minimum atomic E-state index is -0.0881. The monoisotopic (exact) mass is 464 g/mol. The summed E-state index contributed by atoms with van der Waals surface area (Å²) in [4.78, 5) is 16.3. The summed E-state index contributed by atoms with van der Waals surface area (Å²) >= 11 is 1.73. The molecular weight excluding hydrogens is 432 g/mol. The van der Waals surface area contributed by atoms with Crippen LogP contribution in [0, 0.1) is 20.8 Å². The van der Waals surface area contributed by atoms with Crippen molar-refractivity contribution < 1.29 is 9.53 Å². The van der Waals surface area contributed by atoms with Crippen LogP contribution in [0.3, 0.4) is 0 Å². The zero-order valence-electron chi connectivity index (χ0n) is 19.6. The molecule has 1 fully saturated rings. The van der Waals surface area contributed by atoms with Gasteiger partial charge in [0.25, 0.3) is 0 Å². The highest BCUT2D eigenvalue weighted by Crippen LogP contribution is 2.25. The molecule has 0 radical (unpaired) electrons. The van der Waals surface area contributed by atoms with E-state index >= 15 is 0 Å². The summed E-state index contributed by atoms with van der Waals surface area (Å²) in [6.45, 7) is 10.7. The maximum atomic E-state index is 12.7. The molecule has 174 valence electrons. The number of amides is 1. The van der Waals surface area contributed by atoms with Crippen LogP contribution < -0.4 is 5.32 Å². The summed E-state index contributed by atoms with van der Waals surface area (Å²) < 4.78 is 7.51. The molecule has 1 amide bonds. The van der Waals surface area contributed by atoms with E-state index in [9.17, 15) is 4.79 Å². The van der Waals surface area contributed by atoms with Crippen LogP contribution in [-0.4, -0.2) is 53.4 Å². The van der Waals surface area contributed by atoms with Gasteiger partial charge in [0.1, 0.15) is 0 Å². The van der Waals surface area contributed by atoms with Crippen LogP contribution in [0.5, 0.6) is 0 Å². The van der Waals surface area contributed by atoms with Crippen LogP contribution in [0.2, 0.25) is 0 Å². The van der Waals surface area contributed by atoms with Gasteiger partial charge in [-0.2, -0.15) is 5.10 Å². The zero-order chi connectivity index (χ0) is 23.2. The van der Waals surface area contributed by atoms with Gasteiger partial charge in [-0.3, -0.25) is 14.4 Å². The lowest BCUT2D eigenvalue weighted by molar-refractivity contribution is -0.116. The number of hydrogen-bond acceptors (Lipinski definition) is 5. The van der Waals surface area contributed by atoms with Crippen LogP contribution in [0.15, 0.2) is 47.9 Å². The summed E-state index contributed by atoms with van der Waals surface area (Å²) in [5.74, 6) is -0.0881. The molecule has 0 spiro atoms. The van der Waals surface area contributed by atoms with Crippen molar-refractivity contribution in [1.82, 2.24) is 20.0 Å². The third-order valence-corrected chi connectivity index (χ3v) is 7.09. The van der Waals surface area contributed by atoms with Crippen molar-refractivity contribution in [3.8, 4) is 0 Å². The maximum Gasteiger partial charge on any atom is 0.244 e. The first-order valence-corrected chi connectivity index (χ1v) is 12.3. The third-order valence-electron chi connectivity index (χ3n) is 6.12. The number of nitrogens with zero attached hydrogens (tertiary/aromatic N) is 3. The number of aromatic nitrogens is 2. The highest BCUT2D eigenvalue weighted by molar-refractivity contribution is 7.10. The quantitative estimate of drug-likeness (QED) is 0.510. The summed E-state index contributed by atoms with van der Waals surface area (Å²) in [5, 5.41) is 9.88. The standard InChI is InChI=1S/C26H32N4O2S/c1-19-6-8-22(9-7-19)18-30-21(3)23(20(2)28-30)10-11-26(31)27-17-24(25-5-4-16-33-25)29-12-14-32-15-13-29/h4-11,16,24H,12-15,17-18H2,1-3H3,(H,27,31)/b11-10+. The minimum absolute atomic E-state index is 0.0881. The van der Waals surface area contributed by atoms with Gasteiger partial charge in [-0.1, -0.05) is 35.9 Å². The largest absolute Gasteiger partial charge is 0.379 e. The molecule has 1 saturated heterocycles. The molecule has 3 aromatic rings. The first-order chi connectivity index (χ1) is 16.0. The van der Waals surface area contributed by atoms with Crippen LogP contribution in [0.25, 0.3) is 6.08 Å². The molecule has 1 aliphatic rings. The number of benzene rings is 1. The van der Waals surface area contributed by atoms with Crippen molar-refractivity contribution in [1.29, 1.82) is 0 Å². The van der Waals surface area contributed by atoms with E-state index in [0.29, 0.717) is 6.54 Å². The van der Waals surface area contributed by atoms with Gasteiger partial charge in [0, 0.05) is 41.8 Å². The number of aryl methyl sites for hydroxylation is 2. The molecule has 1 N–H and O–H groups in total. The van der Waals surface area contributed by atoms with Gasteiger partial charge in [-0.25, -0.2) is 0 Å². The lowest BCUT2D eigenvalue weighted by Gasteiger charge is -2.34. The average Bonchev–Trinajstić information content (AvgIpc) is 3.44. The second-order valence-electron chi connectivity index (χ2n) is 8.49. The molecule has 1 aromatic carbocycles. The fourth-order valence-corrected chi connectivity index (χ4v) is 5.03. The van der Waals surface area contributed by atoms with Crippen LogP contribution in [0.4, 0.5) is 0 Å². The van der Waals surface area contributed by atoms with Gasteiger partial charge >= 0.3 is 0 Å². The Bertz CT molecular complexity index is 1080. The van der Waals surface area contributed by atoms with Crippen LogP contribution in [0.1, 0.15) is 39.0 Å². The van der Waals surface area contributed by atoms with Crippen LogP contribution >= 0.6 is 11.3 Å². The molecule has 6 nitrogen and oxygen atoms in total. The predicted octanol–water partition coefficient (Wildman–Crippen LogP) is 4.12. The summed E-state index contributed by atoms with van der Waals surface area (Å²) in [6.07, 6.45) is 3.51. The molecule has 1 aliphatic heterocycles. The summed E-state index contributed by atoms with van der Waals surface area (Å²) in [7, 11) is 0. The number of hydrogen-bond donors (Lipinski definition) is 1. The number of nitrogens with one attached hydrogen (secondary N) is 1. The predicted molar refractivity (Wildman–Crippen MR) is 133 cm³/mol. The van der Waals surface area contributed by atoms with E-state index in [-0.39, 0.29) is 11.9 Å². The molecule has 4 rings (SSSR count). The molecule has 3 heterocycles. The number of ether oxygens (including phenoxy) is 1. The van der Waals surface area contributed by atoms with E-state index in [1.165, 1.54) is 16.0 Å². The first-order valence-electron chi connectivity index (χ1n) is 11.4. The maximum absolute atomic E-state index is 12.7. The smallest absolute Gasteiger partial charge is 0.244 e. The molecule has 2 aromatic heterocycles. The van der Waals surface area contributed by atoms with E-state index in [0.717, 1.165) is 49.8 Å². The summed E-state index contributed by atoms with van der Waals surface area (Å²) in [6, 6.07) is 12.9. The second-order valence-corrected chi connectivity index (χ2v) is 9.47. The van der Waals surface area contributed by atoms with Gasteiger partial charge in [0.2, 0.25) is 5.91 Å². The highest BCUT2D eigenvalue weighted by Gasteiger charge is 2.23. The fourth-order valence-electron chi connectivity index (χ4n) is 4.17.